The van der Waals surface area contributed by atoms with Gasteiger partial charge < -0.3 is 9.15 Å². The van der Waals surface area contributed by atoms with Gasteiger partial charge in [-0.15, -0.1) is 0 Å². The van der Waals surface area contributed by atoms with Gasteiger partial charge in [0.15, 0.2) is 5.58 Å². The van der Waals surface area contributed by atoms with Crippen LogP contribution in [0.5, 0.6) is 0 Å². The second kappa shape index (κ2) is 6.07. The van der Waals surface area contributed by atoms with Gasteiger partial charge in [-0.05, 0) is 37.3 Å². The van der Waals surface area contributed by atoms with Crippen molar-refractivity contribution in [3.8, 4) is 11.5 Å². The normalized spacial score (nSPS) is 10.6. The van der Waals surface area contributed by atoms with E-state index in [1.807, 2.05) is 18.2 Å². The smallest absolute Gasteiger partial charge is 0.411 e. The lowest BCUT2D eigenvalue weighted by atomic mass is 10.2. The lowest BCUT2D eigenvalue weighted by Crippen LogP contribution is -2.13. The van der Waals surface area contributed by atoms with Crippen LogP contribution in [0.2, 0.25) is 5.02 Å². The van der Waals surface area contributed by atoms with Crippen molar-refractivity contribution in [3.05, 3.63) is 47.5 Å². The number of para-hydroxylation sites is 1. The minimum Gasteiger partial charge on any atom is -0.450 e. The average molecular weight is 317 g/mol. The topological polar surface area (TPSA) is 64.4 Å². The molecule has 1 heterocycles. The standard InChI is InChI=1S/C16H13ClN2O3/c1-2-21-16(20)19-12-6-4-3-5-11(12)15-18-13-9-10(17)7-8-14(13)22-15/h3-9H,2H2,1H3,(H,19,20). The van der Waals surface area contributed by atoms with Gasteiger partial charge in [-0.25, -0.2) is 9.78 Å². The second-order valence-electron chi connectivity index (χ2n) is 4.52. The van der Waals surface area contributed by atoms with Crippen LogP contribution in [-0.2, 0) is 4.74 Å². The summed E-state index contributed by atoms with van der Waals surface area (Å²) in [6, 6.07) is 12.4. The summed E-state index contributed by atoms with van der Waals surface area (Å²) < 4.78 is 10.6. The van der Waals surface area contributed by atoms with Crippen molar-refractivity contribution in [1.82, 2.24) is 4.98 Å². The van der Waals surface area contributed by atoms with Crippen LogP contribution in [-0.4, -0.2) is 17.7 Å². The summed E-state index contributed by atoms with van der Waals surface area (Å²) in [7, 11) is 0. The molecule has 0 fully saturated rings. The van der Waals surface area contributed by atoms with E-state index in [4.69, 9.17) is 20.8 Å². The zero-order valence-corrected chi connectivity index (χ0v) is 12.6. The number of nitrogens with zero attached hydrogens (tertiary/aromatic N) is 1. The van der Waals surface area contributed by atoms with Crippen LogP contribution >= 0.6 is 11.6 Å². The van der Waals surface area contributed by atoms with Crippen LogP contribution in [0.3, 0.4) is 0 Å². The molecule has 0 saturated heterocycles. The molecule has 0 aliphatic heterocycles. The molecular weight excluding hydrogens is 304 g/mol. The number of carbonyl (C=O) groups excluding carboxylic acids is 1. The Labute approximate surface area is 131 Å². The summed E-state index contributed by atoms with van der Waals surface area (Å²) in [5.74, 6) is 0.407. The number of fused-ring (bicyclic) bond motifs is 1. The molecule has 0 radical (unpaired) electrons. The number of nitrogens with one attached hydrogen (secondary N) is 1. The monoisotopic (exact) mass is 316 g/mol. The molecule has 6 heteroatoms. The first-order valence-corrected chi connectivity index (χ1v) is 7.14. The summed E-state index contributed by atoms with van der Waals surface area (Å²) in [5, 5.41) is 3.27. The van der Waals surface area contributed by atoms with Crippen molar-refractivity contribution in [2.24, 2.45) is 0 Å². The number of hydrogen-bond donors (Lipinski definition) is 1. The molecule has 0 saturated carbocycles. The van der Waals surface area contributed by atoms with Crippen LogP contribution in [0.4, 0.5) is 10.5 Å². The molecule has 3 aromatic rings. The SMILES string of the molecule is CCOC(=O)Nc1ccccc1-c1nc2cc(Cl)ccc2o1. The van der Waals surface area contributed by atoms with Crippen molar-refractivity contribution in [3.63, 3.8) is 0 Å². The second-order valence-corrected chi connectivity index (χ2v) is 4.96. The average Bonchev–Trinajstić information content (AvgIpc) is 2.90. The predicted octanol–water partition coefficient (Wildman–Crippen LogP) is 4.72. The van der Waals surface area contributed by atoms with Gasteiger partial charge in [-0.1, -0.05) is 23.7 Å². The third kappa shape index (κ3) is 2.89. The summed E-state index contributed by atoms with van der Waals surface area (Å²) in [4.78, 5) is 16.0. The zero-order chi connectivity index (χ0) is 15.5. The van der Waals surface area contributed by atoms with Crippen LogP contribution in [0, 0.1) is 0 Å². The van der Waals surface area contributed by atoms with E-state index in [2.05, 4.69) is 10.3 Å². The summed E-state index contributed by atoms with van der Waals surface area (Å²) in [6.07, 6.45) is -0.519. The fraction of sp³-hybridized carbons (Fsp3) is 0.125. The number of oxazole rings is 1. The molecule has 0 aliphatic rings. The molecule has 3 rings (SSSR count). The third-order valence-corrected chi connectivity index (χ3v) is 3.25. The highest BCUT2D eigenvalue weighted by Crippen LogP contribution is 2.31. The lowest BCUT2D eigenvalue weighted by Gasteiger charge is -2.08. The fourth-order valence-electron chi connectivity index (χ4n) is 2.07. The van der Waals surface area contributed by atoms with Gasteiger partial charge in [0, 0.05) is 5.02 Å². The van der Waals surface area contributed by atoms with E-state index in [0.717, 1.165) is 0 Å². The number of aromatic nitrogens is 1. The maximum atomic E-state index is 11.6. The van der Waals surface area contributed by atoms with E-state index in [9.17, 15) is 4.79 Å². The molecule has 22 heavy (non-hydrogen) atoms. The zero-order valence-electron chi connectivity index (χ0n) is 11.8. The van der Waals surface area contributed by atoms with Gasteiger partial charge in [0.1, 0.15) is 5.52 Å². The minimum absolute atomic E-state index is 0.301. The van der Waals surface area contributed by atoms with Gasteiger partial charge in [0.05, 0.1) is 17.9 Å². The van der Waals surface area contributed by atoms with Gasteiger partial charge in [0.2, 0.25) is 5.89 Å². The van der Waals surface area contributed by atoms with Gasteiger partial charge in [0.25, 0.3) is 0 Å². The molecule has 0 aliphatic carbocycles. The van der Waals surface area contributed by atoms with Gasteiger partial charge in [-0.2, -0.15) is 0 Å². The number of ether oxygens (including phenoxy) is 1. The van der Waals surface area contributed by atoms with E-state index in [-0.39, 0.29) is 0 Å². The predicted molar refractivity (Wildman–Crippen MR) is 85.1 cm³/mol. The van der Waals surface area contributed by atoms with E-state index in [1.54, 1.807) is 31.2 Å². The number of rotatable bonds is 3. The quantitative estimate of drug-likeness (QED) is 0.759. The first-order valence-electron chi connectivity index (χ1n) is 6.76. The number of hydrogen-bond acceptors (Lipinski definition) is 4. The van der Waals surface area contributed by atoms with Crippen LogP contribution in [0.1, 0.15) is 6.92 Å². The Bertz CT molecular complexity index is 829. The Morgan fingerprint density at radius 2 is 2.14 bits per heavy atom. The Morgan fingerprint density at radius 3 is 2.95 bits per heavy atom. The van der Waals surface area contributed by atoms with Gasteiger partial charge >= 0.3 is 6.09 Å². The molecule has 112 valence electrons. The van der Waals surface area contributed by atoms with Crippen LogP contribution < -0.4 is 5.32 Å². The number of benzene rings is 2. The van der Waals surface area contributed by atoms with Crippen molar-refractivity contribution in [2.75, 3.05) is 11.9 Å². The highest BCUT2D eigenvalue weighted by atomic mass is 35.5. The Morgan fingerprint density at radius 1 is 1.32 bits per heavy atom. The number of carbonyl (C=O) groups is 1. The summed E-state index contributed by atoms with van der Waals surface area (Å²) in [6.45, 7) is 2.05. The van der Waals surface area contributed by atoms with E-state index >= 15 is 0 Å². The van der Waals surface area contributed by atoms with Gasteiger partial charge in [-0.3, -0.25) is 5.32 Å². The van der Waals surface area contributed by atoms with E-state index in [0.29, 0.717) is 39.9 Å². The Hall–Kier alpha value is -2.53. The highest BCUT2D eigenvalue weighted by Gasteiger charge is 2.14. The number of amides is 1. The maximum Gasteiger partial charge on any atom is 0.411 e. The Kier molecular flexibility index (Phi) is 3.98. The van der Waals surface area contributed by atoms with Crippen LogP contribution in [0.25, 0.3) is 22.6 Å². The molecular formula is C16H13ClN2O3. The lowest BCUT2D eigenvalue weighted by molar-refractivity contribution is 0.168. The Balaban J connectivity index is 2.01. The van der Waals surface area contributed by atoms with Crippen molar-refractivity contribution in [1.29, 1.82) is 0 Å². The number of halogens is 1. The van der Waals surface area contributed by atoms with E-state index < -0.39 is 6.09 Å². The number of anilines is 1. The van der Waals surface area contributed by atoms with Crippen molar-refractivity contribution < 1.29 is 13.9 Å². The first kappa shape index (κ1) is 14.4. The third-order valence-electron chi connectivity index (χ3n) is 3.02. The van der Waals surface area contributed by atoms with Crippen molar-refractivity contribution in [2.45, 2.75) is 6.92 Å². The molecule has 0 spiro atoms. The van der Waals surface area contributed by atoms with Crippen LogP contribution in [0.15, 0.2) is 46.9 Å². The molecule has 2 aromatic carbocycles. The summed E-state index contributed by atoms with van der Waals surface area (Å²) in [5.41, 5.74) is 2.53. The molecule has 5 nitrogen and oxygen atoms in total. The molecule has 1 aromatic heterocycles. The summed E-state index contributed by atoms with van der Waals surface area (Å²) >= 11 is 5.95. The molecule has 0 atom stereocenters. The van der Waals surface area contributed by atoms with Crippen molar-refractivity contribution >= 4 is 34.5 Å². The molecule has 0 bridgehead atoms. The minimum atomic E-state index is -0.519. The van der Waals surface area contributed by atoms with E-state index in [1.165, 1.54) is 0 Å². The highest BCUT2D eigenvalue weighted by molar-refractivity contribution is 6.31. The first-order chi connectivity index (χ1) is 10.7. The molecule has 0 unspecified atom stereocenters. The molecule has 1 N–H and O–H groups in total. The molecule has 1 amide bonds. The maximum absolute atomic E-state index is 11.6. The fourth-order valence-corrected chi connectivity index (χ4v) is 2.24. The largest absolute Gasteiger partial charge is 0.450 e.